The highest BCUT2D eigenvalue weighted by Gasteiger charge is 2.33. The van der Waals surface area contributed by atoms with Crippen LogP contribution < -0.4 is 0 Å². The highest BCUT2D eigenvalue weighted by atomic mass is 32.1. The summed E-state index contributed by atoms with van der Waals surface area (Å²) in [5.74, 6) is -2.09. The number of hydrogen-bond acceptors (Lipinski definition) is 12. The zero-order valence-corrected chi connectivity index (χ0v) is 32.9. The monoisotopic (exact) mass is 744 g/mol. The molecular formula is C34H56N4O10S2. The first-order chi connectivity index (χ1) is 22.9. The predicted molar refractivity (Wildman–Crippen MR) is 192 cm³/mol. The van der Waals surface area contributed by atoms with Crippen molar-refractivity contribution in [3.63, 3.8) is 0 Å². The molecule has 0 saturated carbocycles. The molecule has 14 nitrogen and oxygen atoms in total. The Morgan fingerprint density at radius 3 is 1.44 bits per heavy atom. The van der Waals surface area contributed by atoms with Crippen LogP contribution in [0.3, 0.4) is 0 Å². The Labute approximate surface area is 303 Å². The van der Waals surface area contributed by atoms with E-state index in [1.165, 1.54) is 15.7 Å². The molecule has 2 rings (SSSR count). The summed E-state index contributed by atoms with van der Waals surface area (Å²) in [5, 5.41) is 42.3. The topological polar surface area (TPSA) is 200 Å². The largest absolute Gasteiger partial charge is 0.476 e. The quantitative estimate of drug-likeness (QED) is 0.153. The minimum Gasteiger partial charge on any atom is -0.476 e. The minimum absolute atomic E-state index is 0.0797. The number of amides is 2. The molecule has 0 spiro atoms. The van der Waals surface area contributed by atoms with Crippen LogP contribution in [0.4, 0.5) is 9.59 Å². The summed E-state index contributed by atoms with van der Waals surface area (Å²) >= 11 is 2.20. The van der Waals surface area contributed by atoms with E-state index in [0.717, 1.165) is 29.1 Å². The lowest BCUT2D eigenvalue weighted by Crippen LogP contribution is -2.46. The van der Waals surface area contributed by atoms with Crippen LogP contribution in [0.5, 0.6) is 0 Å². The number of carbonyl (C=O) groups is 4. The lowest BCUT2D eigenvalue weighted by atomic mass is 9.96. The first kappa shape index (κ1) is 44.7. The van der Waals surface area contributed by atoms with Gasteiger partial charge in [-0.2, -0.15) is 0 Å². The number of nitrogens with zero attached hydrogens (tertiary/aromatic N) is 4. The molecule has 0 aliphatic heterocycles. The van der Waals surface area contributed by atoms with Crippen molar-refractivity contribution >= 4 is 46.8 Å². The van der Waals surface area contributed by atoms with Crippen molar-refractivity contribution in [3.8, 4) is 0 Å². The van der Waals surface area contributed by atoms with Crippen molar-refractivity contribution in [1.82, 2.24) is 19.8 Å². The van der Waals surface area contributed by atoms with E-state index in [-0.39, 0.29) is 48.1 Å². The van der Waals surface area contributed by atoms with Gasteiger partial charge in [0.1, 0.15) is 33.4 Å². The molecule has 2 amide bonds. The molecule has 284 valence electrons. The lowest BCUT2D eigenvalue weighted by molar-refractivity contribution is 0.00288. The standard InChI is InChI=1S/C18H30N2O5S.C16H26N2O5S/c1-7-8-20(17(24)25-18(4,5)6)13(11(2)3)9-14(21)15-19-12(10-26-15)16(22)23;1-9(2)11(18(6)15(22)23-16(3,4)5)7-12(19)13-17-10(8-24-13)14(20)21/h10-11,13-14,21H,7-9H2,1-6H3,(H,22,23);8-9,11-12,19H,7H2,1-6H3,(H,20,21)/t13-,14-;11-,12-/m00/s1. The number of carbonyl (C=O) groups excluding carboxylic acids is 2. The summed E-state index contributed by atoms with van der Waals surface area (Å²) in [6, 6.07) is -0.524. The molecule has 50 heavy (non-hydrogen) atoms. The second-order valence-corrected chi connectivity index (χ2v) is 16.4. The molecule has 0 aromatic carbocycles. The molecule has 0 saturated heterocycles. The molecule has 0 fully saturated rings. The zero-order valence-electron chi connectivity index (χ0n) is 31.3. The lowest BCUT2D eigenvalue weighted by Gasteiger charge is -2.36. The summed E-state index contributed by atoms with van der Waals surface area (Å²) in [4.78, 5) is 57.8. The number of rotatable bonds is 14. The van der Waals surface area contributed by atoms with Crippen LogP contribution in [-0.2, 0) is 9.47 Å². The van der Waals surface area contributed by atoms with Crippen LogP contribution in [0.15, 0.2) is 10.8 Å². The Hall–Kier alpha value is -3.34. The third kappa shape index (κ3) is 14.9. The molecule has 2 aromatic rings. The van der Waals surface area contributed by atoms with Crippen molar-refractivity contribution in [2.45, 2.75) is 131 Å². The van der Waals surface area contributed by atoms with Crippen molar-refractivity contribution in [2.75, 3.05) is 13.6 Å². The molecule has 4 N–H and O–H groups in total. The number of carboxylic acids is 2. The molecular weight excluding hydrogens is 689 g/mol. The number of aromatic nitrogens is 2. The first-order valence-electron chi connectivity index (χ1n) is 16.6. The van der Waals surface area contributed by atoms with Gasteiger partial charge < -0.3 is 39.7 Å². The highest BCUT2D eigenvalue weighted by molar-refractivity contribution is 7.10. The van der Waals surface area contributed by atoms with Crippen molar-refractivity contribution < 1.29 is 49.1 Å². The van der Waals surface area contributed by atoms with E-state index in [4.69, 9.17) is 19.7 Å². The Bertz CT molecular complexity index is 1400. The SMILES string of the molecule is CC(C)[C@H](C[C@H](O)c1nc(C(=O)O)cs1)N(C)C(=O)OC(C)(C)C.CCCN(C(=O)OC(C)(C)C)[C@@H](C[C@H](O)c1nc(C(=O)O)cs1)C(C)C. The molecule has 2 aromatic heterocycles. The number of thiazole rings is 2. The summed E-state index contributed by atoms with van der Waals surface area (Å²) in [6.45, 7) is 21.2. The van der Waals surface area contributed by atoms with Gasteiger partial charge in [-0.1, -0.05) is 34.6 Å². The van der Waals surface area contributed by atoms with E-state index in [2.05, 4.69) is 9.97 Å². The second kappa shape index (κ2) is 19.3. The maximum atomic E-state index is 12.6. The van der Waals surface area contributed by atoms with Gasteiger partial charge in [0, 0.05) is 49.3 Å². The molecule has 2 heterocycles. The van der Waals surface area contributed by atoms with Crippen molar-refractivity contribution in [2.24, 2.45) is 11.8 Å². The average molecular weight is 745 g/mol. The van der Waals surface area contributed by atoms with Crippen LogP contribution in [-0.4, -0.2) is 101 Å². The summed E-state index contributed by atoms with van der Waals surface area (Å²) in [5.41, 5.74) is -1.37. The maximum absolute atomic E-state index is 12.6. The van der Waals surface area contributed by atoms with E-state index >= 15 is 0 Å². The summed E-state index contributed by atoms with van der Waals surface area (Å²) < 4.78 is 10.9. The molecule has 16 heteroatoms. The van der Waals surface area contributed by atoms with E-state index in [1.807, 2.05) is 55.4 Å². The average Bonchev–Trinajstić information content (AvgIpc) is 3.67. The van der Waals surface area contributed by atoms with Crippen LogP contribution in [0.1, 0.15) is 139 Å². The van der Waals surface area contributed by atoms with Crippen LogP contribution in [0.25, 0.3) is 0 Å². The molecule has 4 atom stereocenters. The number of ether oxygens (including phenoxy) is 2. The van der Waals surface area contributed by atoms with Crippen LogP contribution >= 0.6 is 22.7 Å². The smallest absolute Gasteiger partial charge is 0.410 e. The third-order valence-corrected chi connectivity index (χ3v) is 9.08. The van der Waals surface area contributed by atoms with Gasteiger partial charge >= 0.3 is 24.1 Å². The van der Waals surface area contributed by atoms with Gasteiger partial charge in [-0.15, -0.1) is 22.7 Å². The number of aromatic carboxylic acids is 2. The number of carboxylic acid groups (broad SMARTS) is 2. The Morgan fingerprint density at radius 2 is 1.12 bits per heavy atom. The van der Waals surface area contributed by atoms with Crippen molar-refractivity contribution in [3.05, 3.63) is 32.2 Å². The van der Waals surface area contributed by atoms with E-state index in [1.54, 1.807) is 32.7 Å². The normalized spacial score (nSPS) is 14.2. The van der Waals surface area contributed by atoms with Gasteiger partial charge in [0.15, 0.2) is 11.4 Å². The number of hydrogen-bond donors (Lipinski definition) is 4. The van der Waals surface area contributed by atoms with Crippen LogP contribution in [0.2, 0.25) is 0 Å². The van der Waals surface area contributed by atoms with Gasteiger partial charge in [-0.05, 0) is 59.8 Å². The third-order valence-electron chi connectivity index (χ3n) is 7.19. The van der Waals surface area contributed by atoms with Gasteiger partial charge in [0.25, 0.3) is 0 Å². The molecule has 0 unspecified atom stereocenters. The Morgan fingerprint density at radius 1 is 0.740 bits per heavy atom. The number of aliphatic hydroxyl groups excluding tert-OH is 2. The zero-order chi connectivity index (χ0) is 38.7. The Kier molecular flexibility index (Phi) is 17.3. The van der Waals surface area contributed by atoms with Gasteiger partial charge in [0.2, 0.25) is 0 Å². The van der Waals surface area contributed by atoms with Crippen molar-refractivity contribution in [1.29, 1.82) is 0 Å². The van der Waals surface area contributed by atoms with Gasteiger partial charge in [0.05, 0.1) is 0 Å². The minimum atomic E-state index is -1.13. The molecule has 0 bridgehead atoms. The summed E-state index contributed by atoms with van der Waals surface area (Å²) in [7, 11) is 1.63. The maximum Gasteiger partial charge on any atom is 0.410 e. The fourth-order valence-electron chi connectivity index (χ4n) is 4.80. The molecule has 0 aliphatic rings. The highest BCUT2D eigenvalue weighted by Crippen LogP contribution is 2.29. The fraction of sp³-hybridized carbons (Fsp3) is 0.706. The van der Waals surface area contributed by atoms with Crippen LogP contribution in [0, 0.1) is 11.8 Å². The first-order valence-corrected chi connectivity index (χ1v) is 18.3. The predicted octanol–water partition coefficient (Wildman–Crippen LogP) is 7.09. The van der Waals surface area contributed by atoms with Gasteiger partial charge in [-0.3, -0.25) is 0 Å². The van der Waals surface area contributed by atoms with E-state index < -0.39 is 47.5 Å². The number of aliphatic hydroxyl groups is 2. The van der Waals surface area contributed by atoms with Gasteiger partial charge in [-0.25, -0.2) is 29.1 Å². The molecule has 0 radical (unpaired) electrons. The summed E-state index contributed by atoms with van der Waals surface area (Å²) in [6.07, 6.45) is -1.47. The molecule has 0 aliphatic carbocycles. The second-order valence-electron chi connectivity index (χ2n) is 14.6. The fourth-order valence-corrected chi connectivity index (χ4v) is 6.38. The van der Waals surface area contributed by atoms with E-state index in [9.17, 15) is 29.4 Å². The Balaban J connectivity index is 0.000000502. The van der Waals surface area contributed by atoms with E-state index in [0.29, 0.717) is 16.6 Å².